The van der Waals surface area contributed by atoms with Gasteiger partial charge in [-0.3, -0.25) is 14.5 Å². The molecular weight excluding hydrogens is 452 g/mol. The lowest BCUT2D eigenvalue weighted by Gasteiger charge is -2.48. The van der Waals surface area contributed by atoms with Gasteiger partial charge in [0.2, 0.25) is 12.5 Å². The normalized spacial score (nSPS) is 21.2. The van der Waals surface area contributed by atoms with Crippen LogP contribution in [0.4, 0.5) is 4.79 Å². The fraction of sp³-hybridized carbons (Fsp3) is 0.286. The third-order valence-corrected chi connectivity index (χ3v) is 5.90. The number of carbonyl (C=O) groups excluding carboxylic acids is 2. The second-order valence-corrected chi connectivity index (χ2v) is 7.70. The zero-order chi connectivity index (χ0) is 21.1. The molecule has 2 aliphatic heterocycles. The van der Waals surface area contributed by atoms with Gasteiger partial charge in [0.1, 0.15) is 17.1 Å². The molecule has 15 heteroatoms. The number of fused-ring (bicyclic) bond motifs is 1. The van der Waals surface area contributed by atoms with E-state index in [1.165, 1.54) is 34.0 Å². The minimum absolute atomic E-state index is 0.0542. The van der Waals surface area contributed by atoms with E-state index in [4.69, 9.17) is 21.8 Å². The van der Waals surface area contributed by atoms with Gasteiger partial charge in [-0.2, -0.15) is 0 Å². The maximum absolute atomic E-state index is 12.6. The summed E-state index contributed by atoms with van der Waals surface area (Å²) in [7, 11) is 0. The summed E-state index contributed by atoms with van der Waals surface area (Å²) in [6, 6.07) is -1.01. The van der Waals surface area contributed by atoms with E-state index in [9.17, 15) is 19.2 Å². The van der Waals surface area contributed by atoms with Crippen molar-refractivity contribution < 1.29 is 39.0 Å². The van der Waals surface area contributed by atoms with Gasteiger partial charge in [0.05, 0.1) is 10.5 Å². The Balaban J connectivity index is 1.74. The number of hydrogen-bond acceptors (Lipinski definition) is 10. The molecule has 29 heavy (non-hydrogen) atoms. The topological polar surface area (TPSA) is 168 Å². The van der Waals surface area contributed by atoms with Crippen LogP contribution in [0.3, 0.4) is 0 Å². The minimum Gasteiger partial charge on any atom is -0.479 e. The maximum atomic E-state index is 12.6. The number of rotatable bonds is 7. The number of amides is 2. The maximum Gasteiger partial charge on any atom is 0.512 e. The number of oxime groups is 1. The molecule has 0 aromatic carbocycles. The molecule has 1 aromatic rings. The number of thiazole rings is 1. The molecule has 3 N–H and O–H groups in total. The molecule has 0 radical (unpaired) electrons. The van der Waals surface area contributed by atoms with Gasteiger partial charge in [-0.1, -0.05) is 16.8 Å². The Labute approximate surface area is 175 Å². The van der Waals surface area contributed by atoms with Crippen molar-refractivity contribution in [3.05, 3.63) is 27.5 Å². The van der Waals surface area contributed by atoms with Gasteiger partial charge in [0.15, 0.2) is 5.71 Å². The van der Waals surface area contributed by atoms with Crippen molar-refractivity contribution in [3.8, 4) is 0 Å². The monoisotopic (exact) mass is 462 g/mol. The first-order valence-electron chi connectivity index (χ1n) is 7.65. The molecule has 1 fully saturated rings. The van der Waals surface area contributed by atoms with Crippen LogP contribution >= 0.6 is 34.7 Å². The Hall–Kier alpha value is -2.84. The van der Waals surface area contributed by atoms with Crippen molar-refractivity contribution in [2.24, 2.45) is 5.16 Å². The molecule has 0 spiro atoms. The van der Waals surface area contributed by atoms with Crippen LogP contribution < -0.4 is 5.32 Å². The van der Waals surface area contributed by atoms with Gasteiger partial charge >= 0.3 is 12.1 Å². The van der Waals surface area contributed by atoms with Crippen LogP contribution in [0.5, 0.6) is 0 Å². The summed E-state index contributed by atoms with van der Waals surface area (Å²) in [5.41, 5.74) is 1.26. The van der Waals surface area contributed by atoms with Crippen molar-refractivity contribution >= 4 is 64.4 Å². The van der Waals surface area contributed by atoms with Gasteiger partial charge in [0.25, 0.3) is 11.8 Å². The van der Waals surface area contributed by atoms with E-state index in [1.54, 1.807) is 0 Å². The highest BCUT2D eigenvalue weighted by molar-refractivity contribution is 8.00. The Bertz CT molecular complexity index is 919. The lowest BCUT2D eigenvalue weighted by atomic mass is 10.1. The van der Waals surface area contributed by atoms with Crippen molar-refractivity contribution in [1.29, 1.82) is 0 Å². The summed E-state index contributed by atoms with van der Waals surface area (Å²) in [5, 5.41) is 24.3. The molecule has 1 saturated heterocycles. The Morgan fingerprint density at radius 1 is 1.41 bits per heavy atom. The summed E-state index contributed by atoms with van der Waals surface area (Å²) in [5.74, 6) is -2.85. The van der Waals surface area contributed by atoms with Crippen LogP contribution in [0.25, 0.3) is 0 Å². The largest absolute Gasteiger partial charge is 0.512 e. The van der Waals surface area contributed by atoms with Crippen LogP contribution in [-0.4, -0.2) is 73.5 Å². The molecule has 3 heterocycles. The van der Waals surface area contributed by atoms with E-state index in [-0.39, 0.29) is 28.1 Å². The zero-order valence-electron chi connectivity index (χ0n) is 14.1. The van der Waals surface area contributed by atoms with E-state index in [0.717, 1.165) is 4.90 Å². The predicted octanol–water partition coefficient (Wildman–Crippen LogP) is 0.451. The number of hydrogen-bond donors (Lipinski definition) is 3. The molecule has 1 unspecified atom stereocenters. The third kappa shape index (κ3) is 4.44. The van der Waals surface area contributed by atoms with Gasteiger partial charge in [-0.05, 0) is 0 Å². The van der Waals surface area contributed by atoms with Crippen molar-refractivity contribution in [2.45, 2.75) is 11.4 Å². The molecule has 12 nitrogen and oxygen atoms in total. The molecule has 2 atom stereocenters. The lowest BCUT2D eigenvalue weighted by molar-refractivity contribution is -0.148. The standard InChI is InChI=1S/C14H11ClN4O8S2/c15-5-2-29-13-9(11(23)19(13)12(5)27-14(24)25)17-10(22)8(6-3-28-4-16-6)18-26-1-7(20)21/h3-4,9,13H,1-2H2,(H,17,22)(H,20,21)(H,24,25)/t9?,13-/m0/s1. The molecule has 2 amide bonds. The number of β-lactam (4-membered cyclic amide) rings is 1. The Morgan fingerprint density at radius 3 is 2.79 bits per heavy atom. The first-order valence-corrected chi connectivity index (χ1v) is 10.0. The first-order chi connectivity index (χ1) is 13.8. The summed E-state index contributed by atoms with van der Waals surface area (Å²) < 4.78 is 4.58. The molecule has 0 aliphatic carbocycles. The van der Waals surface area contributed by atoms with Crippen molar-refractivity contribution in [1.82, 2.24) is 15.2 Å². The third-order valence-electron chi connectivity index (χ3n) is 3.58. The smallest absolute Gasteiger partial charge is 0.479 e. The summed E-state index contributed by atoms with van der Waals surface area (Å²) >= 11 is 8.31. The quantitative estimate of drug-likeness (QED) is 0.224. The Kier molecular flexibility index (Phi) is 6.24. The van der Waals surface area contributed by atoms with Crippen LogP contribution in [-0.2, 0) is 24.0 Å². The summed E-state index contributed by atoms with van der Waals surface area (Å²) in [4.78, 5) is 56.1. The molecule has 1 aromatic heterocycles. The molecule has 154 valence electrons. The van der Waals surface area contributed by atoms with Crippen molar-refractivity contribution in [3.63, 3.8) is 0 Å². The van der Waals surface area contributed by atoms with Crippen LogP contribution in [0.15, 0.2) is 27.0 Å². The van der Waals surface area contributed by atoms with E-state index in [2.05, 4.69) is 25.0 Å². The molecular formula is C14H11ClN4O8S2. The second kappa shape index (κ2) is 8.67. The second-order valence-electron chi connectivity index (χ2n) is 5.42. The fourth-order valence-electron chi connectivity index (χ4n) is 2.42. The number of aliphatic carboxylic acids is 1. The van der Waals surface area contributed by atoms with Gasteiger partial charge in [-0.15, -0.1) is 23.1 Å². The number of nitrogens with zero attached hydrogens (tertiary/aromatic N) is 3. The van der Waals surface area contributed by atoms with Crippen molar-refractivity contribution in [2.75, 3.05) is 12.4 Å². The van der Waals surface area contributed by atoms with E-state index < -0.39 is 42.0 Å². The molecule has 0 bridgehead atoms. The average Bonchev–Trinajstić information content (AvgIpc) is 3.18. The number of halogens is 1. The van der Waals surface area contributed by atoms with Crippen LogP contribution in [0.2, 0.25) is 0 Å². The lowest BCUT2D eigenvalue weighted by Crippen LogP contribution is -2.70. The average molecular weight is 463 g/mol. The van der Waals surface area contributed by atoms with E-state index in [1.807, 2.05) is 0 Å². The minimum atomic E-state index is -1.63. The molecule has 3 rings (SSSR count). The van der Waals surface area contributed by atoms with Crippen LogP contribution in [0.1, 0.15) is 5.69 Å². The SMILES string of the molecule is O=C(O)CON=C(C(=O)NC1C(=O)N2C(OC(=O)O)=C(Cl)CS[C@@H]12)c1cscn1. The van der Waals surface area contributed by atoms with Gasteiger partial charge in [-0.25, -0.2) is 14.6 Å². The molecule has 2 aliphatic rings. The summed E-state index contributed by atoms with van der Waals surface area (Å²) in [6.45, 7) is -0.769. The molecule has 0 saturated carbocycles. The zero-order valence-corrected chi connectivity index (χ0v) is 16.5. The van der Waals surface area contributed by atoms with Gasteiger partial charge < -0.3 is 25.1 Å². The number of thioether (sulfide) groups is 1. The number of carboxylic acid groups (broad SMARTS) is 2. The highest BCUT2D eigenvalue weighted by atomic mass is 35.5. The number of ether oxygens (including phenoxy) is 1. The number of aromatic nitrogens is 1. The highest BCUT2D eigenvalue weighted by Crippen LogP contribution is 2.41. The fourth-order valence-corrected chi connectivity index (χ4v) is 4.44. The number of nitrogens with one attached hydrogen (secondary N) is 1. The summed E-state index contributed by atoms with van der Waals surface area (Å²) in [6.07, 6.45) is -1.63. The predicted molar refractivity (Wildman–Crippen MR) is 99.3 cm³/mol. The highest BCUT2D eigenvalue weighted by Gasteiger charge is 2.54. The van der Waals surface area contributed by atoms with E-state index in [0.29, 0.717) is 0 Å². The number of carboxylic acids is 1. The number of carbonyl (C=O) groups is 4. The van der Waals surface area contributed by atoms with Crippen LogP contribution in [0, 0.1) is 0 Å². The van der Waals surface area contributed by atoms with E-state index >= 15 is 0 Å². The first kappa shape index (κ1) is 20.9. The Morgan fingerprint density at radius 2 is 2.17 bits per heavy atom. The van der Waals surface area contributed by atoms with Gasteiger partial charge in [0, 0.05) is 11.1 Å².